The van der Waals surface area contributed by atoms with Gasteiger partial charge in [-0.05, 0) is 31.2 Å². The molecule has 21 heavy (non-hydrogen) atoms. The topological polar surface area (TPSA) is 60.5 Å². The van der Waals surface area contributed by atoms with Crippen molar-refractivity contribution in [2.24, 2.45) is 0 Å². The molecule has 2 aromatic rings. The van der Waals surface area contributed by atoms with Crippen molar-refractivity contribution in [1.29, 1.82) is 0 Å². The molecule has 0 fully saturated rings. The van der Waals surface area contributed by atoms with Crippen LogP contribution in [0.25, 0.3) is 0 Å². The van der Waals surface area contributed by atoms with E-state index >= 15 is 0 Å². The molecule has 0 aliphatic heterocycles. The maximum atomic E-state index is 12.1. The first-order chi connectivity index (χ1) is 10.1. The quantitative estimate of drug-likeness (QED) is 0.891. The fourth-order valence-electron chi connectivity index (χ4n) is 1.86. The molecule has 0 spiro atoms. The second-order valence-corrected chi connectivity index (χ2v) is 5.67. The van der Waals surface area contributed by atoms with Crippen LogP contribution in [-0.4, -0.2) is 25.1 Å². The number of aromatic nitrogens is 1. The highest BCUT2D eigenvalue weighted by molar-refractivity contribution is 7.11. The number of hydrogen-bond donors (Lipinski definition) is 1. The summed E-state index contributed by atoms with van der Waals surface area (Å²) in [5.74, 6) is 0.700. The molecule has 6 heteroatoms. The molecule has 0 saturated heterocycles. The van der Waals surface area contributed by atoms with Gasteiger partial charge in [-0.15, -0.1) is 11.3 Å². The van der Waals surface area contributed by atoms with Gasteiger partial charge in [0.2, 0.25) is 5.91 Å². The second kappa shape index (κ2) is 7.19. The van der Waals surface area contributed by atoms with E-state index in [-0.39, 0.29) is 5.91 Å². The Morgan fingerprint density at radius 2 is 2.00 bits per heavy atom. The Hall–Kier alpha value is -1.92. The predicted molar refractivity (Wildman–Crippen MR) is 82.9 cm³/mol. The number of nitrogens with zero attached hydrogens (tertiary/aromatic N) is 1. The summed E-state index contributed by atoms with van der Waals surface area (Å²) in [6.45, 7) is 2.39. The number of carbonyl (C=O) groups is 1. The van der Waals surface area contributed by atoms with Crippen molar-refractivity contribution in [3.8, 4) is 5.75 Å². The number of amides is 1. The number of nitrogens with one attached hydrogen (secondary N) is 1. The first kappa shape index (κ1) is 15.5. The van der Waals surface area contributed by atoms with E-state index in [1.807, 2.05) is 31.2 Å². The van der Waals surface area contributed by atoms with Crippen LogP contribution in [0.5, 0.6) is 5.75 Å². The fraction of sp³-hybridized carbons (Fsp3) is 0.333. The zero-order valence-corrected chi connectivity index (χ0v) is 13.1. The van der Waals surface area contributed by atoms with Crippen LogP contribution in [0.15, 0.2) is 24.3 Å². The zero-order chi connectivity index (χ0) is 15.2. The van der Waals surface area contributed by atoms with E-state index in [2.05, 4.69) is 10.3 Å². The van der Waals surface area contributed by atoms with Crippen molar-refractivity contribution in [3.05, 3.63) is 39.8 Å². The smallest absolute Gasteiger partial charge is 0.229 e. The zero-order valence-electron chi connectivity index (χ0n) is 12.3. The molecule has 1 heterocycles. The van der Waals surface area contributed by atoms with E-state index in [1.165, 1.54) is 11.3 Å². The largest absolute Gasteiger partial charge is 0.497 e. The molecule has 0 saturated carbocycles. The summed E-state index contributed by atoms with van der Waals surface area (Å²) >= 11 is 1.51. The minimum atomic E-state index is -0.0594. The highest BCUT2D eigenvalue weighted by atomic mass is 32.1. The summed E-state index contributed by atoms with van der Waals surface area (Å²) in [6, 6.07) is 7.24. The average molecular weight is 306 g/mol. The van der Waals surface area contributed by atoms with Gasteiger partial charge in [0.15, 0.2) is 0 Å². The van der Waals surface area contributed by atoms with Crippen molar-refractivity contribution in [2.75, 3.05) is 19.5 Å². The van der Waals surface area contributed by atoms with Gasteiger partial charge in [0.1, 0.15) is 10.8 Å². The number of aryl methyl sites for hydroxylation is 1. The van der Waals surface area contributed by atoms with Crippen LogP contribution in [0, 0.1) is 6.92 Å². The summed E-state index contributed by atoms with van der Waals surface area (Å²) in [5.41, 5.74) is 1.64. The van der Waals surface area contributed by atoms with Gasteiger partial charge >= 0.3 is 0 Å². The molecule has 5 nitrogen and oxygen atoms in total. The summed E-state index contributed by atoms with van der Waals surface area (Å²) in [5, 5.41) is 3.75. The molecule has 1 amide bonds. The van der Waals surface area contributed by atoms with Gasteiger partial charge in [-0.25, -0.2) is 4.98 Å². The third kappa shape index (κ3) is 4.27. The number of carbonyl (C=O) groups excluding carboxylic acids is 1. The van der Waals surface area contributed by atoms with Gasteiger partial charge < -0.3 is 14.8 Å². The number of hydrogen-bond acceptors (Lipinski definition) is 5. The summed E-state index contributed by atoms with van der Waals surface area (Å²) < 4.78 is 10.1. The van der Waals surface area contributed by atoms with Gasteiger partial charge in [-0.2, -0.15) is 0 Å². The maximum Gasteiger partial charge on any atom is 0.229 e. The molecule has 0 atom stereocenters. The van der Waals surface area contributed by atoms with E-state index in [0.717, 1.165) is 27.0 Å². The molecule has 1 aromatic carbocycles. The lowest BCUT2D eigenvalue weighted by atomic mass is 10.2. The molecule has 1 aromatic heterocycles. The lowest BCUT2D eigenvalue weighted by molar-refractivity contribution is -0.115. The molecule has 0 unspecified atom stereocenters. The van der Waals surface area contributed by atoms with Crippen LogP contribution in [0.2, 0.25) is 0 Å². The summed E-state index contributed by atoms with van der Waals surface area (Å²) in [7, 11) is 3.24. The van der Waals surface area contributed by atoms with E-state index in [4.69, 9.17) is 9.47 Å². The molecule has 0 bridgehead atoms. The van der Waals surface area contributed by atoms with Crippen LogP contribution < -0.4 is 10.1 Å². The Balaban J connectivity index is 1.97. The molecular weight excluding hydrogens is 288 g/mol. The molecule has 2 rings (SSSR count). The third-order valence-corrected chi connectivity index (χ3v) is 4.03. The molecule has 0 aliphatic carbocycles. The lowest BCUT2D eigenvalue weighted by Crippen LogP contribution is -2.14. The summed E-state index contributed by atoms with van der Waals surface area (Å²) in [6.07, 6.45) is 0.319. The number of rotatable bonds is 6. The molecule has 112 valence electrons. The van der Waals surface area contributed by atoms with Crippen molar-refractivity contribution < 1.29 is 14.3 Å². The minimum absolute atomic E-state index is 0.0594. The Morgan fingerprint density at radius 3 is 2.62 bits per heavy atom. The normalized spacial score (nSPS) is 10.4. The minimum Gasteiger partial charge on any atom is -0.497 e. The number of benzene rings is 1. The van der Waals surface area contributed by atoms with E-state index in [0.29, 0.717) is 13.0 Å². The van der Waals surface area contributed by atoms with Gasteiger partial charge in [0.05, 0.1) is 25.8 Å². The first-order valence-electron chi connectivity index (χ1n) is 6.50. The highest BCUT2D eigenvalue weighted by Crippen LogP contribution is 2.20. The van der Waals surface area contributed by atoms with E-state index in [1.54, 1.807) is 14.2 Å². The molecule has 0 radical (unpaired) electrons. The van der Waals surface area contributed by atoms with Crippen LogP contribution in [-0.2, 0) is 22.6 Å². The summed E-state index contributed by atoms with van der Waals surface area (Å²) in [4.78, 5) is 17.4. The molecule has 1 N–H and O–H groups in total. The SMILES string of the molecule is COCc1nc(C)c(CC(=O)Nc2ccc(OC)cc2)s1. The first-order valence-corrected chi connectivity index (χ1v) is 7.32. The van der Waals surface area contributed by atoms with E-state index in [9.17, 15) is 4.79 Å². The van der Waals surface area contributed by atoms with E-state index < -0.39 is 0 Å². The van der Waals surface area contributed by atoms with Gasteiger partial charge in [0, 0.05) is 17.7 Å². The number of anilines is 1. The van der Waals surface area contributed by atoms with Crippen LogP contribution in [0.1, 0.15) is 15.6 Å². The predicted octanol–water partition coefficient (Wildman–Crippen LogP) is 2.79. The maximum absolute atomic E-state index is 12.1. The Kier molecular flexibility index (Phi) is 5.30. The highest BCUT2D eigenvalue weighted by Gasteiger charge is 2.12. The molecule has 0 aliphatic rings. The van der Waals surface area contributed by atoms with Gasteiger partial charge in [0.25, 0.3) is 0 Å². The third-order valence-electron chi connectivity index (χ3n) is 2.90. The van der Waals surface area contributed by atoms with Gasteiger partial charge in [-0.3, -0.25) is 4.79 Å². The Bertz CT molecular complexity index is 608. The molecular formula is C15H18N2O3S. The monoisotopic (exact) mass is 306 g/mol. The average Bonchev–Trinajstić information content (AvgIpc) is 2.80. The standard InChI is InChI=1S/C15H18N2O3S/c1-10-13(21-15(16-10)9-19-2)8-14(18)17-11-4-6-12(20-3)7-5-11/h4-7H,8-9H2,1-3H3,(H,17,18). The lowest BCUT2D eigenvalue weighted by Gasteiger charge is -2.05. The number of methoxy groups -OCH3 is 2. The van der Waals surface area contributed by atoms with Crippen molar-refractivity contribution in [3.63, 3.8) is 0 Å². The van der Waals surface area contributed by atoms with Gasteiger partial charge in [-0.1, -0.05) is 0 Å². The second-order valence-electron chi connectivity index (χ2n) is 4.50. The number of ether oxygens (including phenoxy) is 2. The van der Waals surface area contributed by atoms with Crippen molar-refractivity contribution >= 4 is 22.9 Å². The fourth-order valence-corrected chi connectivity index (χ4v) is 2.90. The van der Waals surface area contributed by atoms with Crippen LogP contribution in [0.4, 0.5) is 5.69 Å². The van der Waals surface area contributed by atoms with Crippen molar-refractivity contribution in [2.45, 2.75) is 20.0 Å². The van der Waals surface area contributed by atoms with Crippen LogP contribution >= 0.6 is 11.3 Å². The Labute approximate surface area is 127 Å². The van der Waals surface area contributed by atoms with Crippen molar-refractivity contribution in [1.82, 2.24) is 4.98 Å². The number of thiazole rings is 1. The van der Waals surface area contributed by atoms with Crippen LogP contribution in [0.3, 0.4) is 0 Å². The Morgan fingerprint density at radius 1 is 1.29 bits per heavy atom.